The Morgan fingerprint density at radius 3 is 1.71 bits per heavy atom. The van der Waals surface area contributed by atoms with Crippen LogP contribution in [-0.4, -0.2) is 122 Å². The molecule has 5 amide bonds. The fourth-order valence-corrected chi connectivity index (χ4v) is 7.68. The molecule has 3 aromatic heterocycles. The molecule has 6 rings (SSSR count). The number of carbonyl (C=O) groups excluding carboxylic acids is 3. The third-order valence-corrected chi connectivity index (χ3v) is 11.5. The molecule has 404 valence electrons. The number of amides is 5. The molecule has 0 atom stereocenters. The summed E-state index contributed by atoms with van der Waals surface area (Å²) in [6.07, 6.45) is 1.19. The Bertz CT molecular complexity index is 3270. The molecule has 28 nitrogen and oxygen atoms in total. The van der Waals surface area contributed by atoms with Gasteiger partial charge in [-0.1, -0.05) is 41.9 Å². The predicted molar refractivity (Wildman–Crippen MR) is 254 cm³/mol. The number of benzene rings is 3. The van der Waals surface area contributed by atoms with E-state index in [0.29, 0.717) is 11.8 Å². The maximum Gasteiger partial charge on any atom is 0.388 e. The molecular weight excluding hydrogens is 1090 g/mol. The third-order valence-electron chi connectivity index (χ3n) is 8.46. The number of hydrogen-bond acceptors (Lipinski definition) is 21. The van der Waals surface area contributed by atoms with Crippen molar-refractivity contribution in [2.45, 2.75) is 23.1 Å². The van der Waals surface area contributed by atoms with E-state index in [1.165, 1.54) is 86.6 Å². The van der Waals surface area contributed by atoms with Gasteiger partial charge in [-0.2, -0.15) is 45.9 Å². The van der Waals surface area contributed by atoms with Gasteiger partial charge in [-0.3, -0.25) is 25.5 Å². The minimum Gasteiger partial charge on any atom is -0.481 e. The van der Waals surface area contributed by atoms with Crippen LogP contribution in [0.1, 0.15) is 20.7 Å². The number of nitrogens with zero attached hydrogens (tertiary/aromatic N) is 7. The number of ether oxygens (including phenoxy) is 5. The van der Waals surface area contributed by atoms with Gasteiger partial charge in [-0.25, -0.2) is 37.2 Å². The molecule has 0 saturated carbocycles. The molecule has 0 saturated heterocycles. The van der Waals surface area contributed by atoms with E-state index < -0.39 is 95.3 Å². The van der Waals surface area contributed by atoms with Crippen LogP contribution in [0.4, 0.5) is 50.4 Å². The van der Waals surface area contributed by atoms with Crippen LogP contribution in [-0.2, 0) is 20.0 Å². The maximum absolute atomic E-state index is 12.5. The van der Waals surface area contributed by atoms with Gasteiger partial charge < -0.3 is 39.4 Å². The number of carboxylic acid groups (broad SMARTS) is 1. The number of nitro benzene ring substituents is 1. The minimum atomic E-state index is -4.71. The standard InChI is InChI=1S/C15H18N6O6S.C14H10F4N4O7S.C12H9ClN2O3/c1-21(2)13(22)9-6-5-7-16-12(9)28(24,25)20-15(23)19-14-17-10(26-3)8-11(18-14)27-4;15-11(16)28-8-5-9(29-12(17)18)20-13(19-8)21-14(25)22-30(26,27)7-4-2-1-3-6(7)10(23)24;13-11-10(18-8-4-2-1-3-5-8)7-6-9(12(11)14)15(16)17/h5-8H,1-4H3,(H2,17,18,19,20,23);1-5,11-12H,(H,23,24)(H2,19,20,21,22,25);1-7H,14H2. The highest BCUT2D eigenvalue weighted by Crippen LogP contribution is 2.39. The van der Waals surface area contributed by atoms with Crippen LogP contribution in [0, 0.1) is 10.1 Å². The van der Waals surface area contributed by atoms with Gasteiger partial charge in [0.15, 0.2) is 5.03 Å². The number of halogens is 5. The van der Waals surface area contributed by atoms with Crippen LogP contribution in [0.5, 0.6) is 35.0 Å². The van der Waals surface area contributed by atoms with Crippen LogP contribution in [0.2, 0.25) is 5.02 Å². The number of anilines is 3. The van der Waals surface area contributed by atoms with Gasteiger partial charge in [0.2, 0.25) is 35.4 Å². The van der Waals surface area contributed by atoms with Crippen molar-refractivity contribution in [3.05, 3.63) is 123 Å². The van der Waals surface area contributed by atoms with Gasteiger partial charge in [-0.05, 0) is 42.5 Å². The lowest BCUT2D eigenvalue weighted by Crippen LogP contribution is -2.36. The number of nitrogens with two attached hydrogens (primary N) is 1. The number of alkyl halides is 4. The van der Waals surface area contributed by atoms with E-state index >= 15 is 0 Å². The molecule has 0 spiro atoms. The lowest BCUT2D eigenvalue weighted by molar-refractivity contribution is -0.383. The number of pyridine rings is 1. The number of sulfonamides is 2. The molecule has 0 bridgehead atoms. The van der Waals surface area contributed by atoms with Crippen molar-refractivity contribution < 1.29 is 87.3 Å². The Labute approximate surface area is 430 Å². The zero-order valence-corrected chi connectivity index (χ0v) is 41.3. The van der Waals surface area contributed by atoms with Crippen molar-refractivity contribution in [1.82, 2.24) is 39.3 Å². The lowest BCUT2D eigenvalue weighted by Gasteiger charge is -2.14. The predicted octanol–water partition coefficient (Wildman–Crippen LogP) is 5.61. The Kier molecular flexibility index (Phi) is 20.6. The molecule has 76 heavy (non-hydrogen) atoms. The molecule has 3 aromatic carbocycles. The first kappa shape index (κ1) is 59.1. The smallest absolute Gasteiger partial charge is 0.388 e. The molecule has 0 radical (unpaired) electrons. The van der Waals surface area contributed by atoms with Crippen molar-refractivity contribution >= 4 is 78.9 Å². The Morgan fingerprint density at radius 1 is 0.724 bits per heavy atom. The molecule has 0 aliphatic carbocycles. The number of methoxy groups -OCH3 is 2. The van der Waals surface area contributed by atoms with Crippen LogP contribution < -0.4 is 49.5 Å². The molecule has 0 aliphatic heterocycles. The number of nitrogens with one attached hydrogen (secondary N) is 4. The van der Waals surface area contributed by atoms with Crippen molar-refractivity contribution in [2.24, 2.45) is 0 Å². The molecule has 0 aliphatic rings. The number of aromatic nitrogens is 5. The first-order chi connectivity index (χ1) is 35.7. The summed E-state index contributed by atoms with van der Waals surface area (Å²) >= 11 is 5.94. The van der Waals surface area contributed by atoms with Crippen molar-refractivity contribution in [1.29, 1.82) is 0 Å². The number of carboxylic acids is 1. The van der Waals surface area contributed by atoms with Crippen molar-refractivity contribution in [3.63, 3.8) is 0 Å². The van der Waals surface area contributed by atoms with E-state index in [9.17, 15) is 63.7 Å². The largest absolute Gasteiger partial charge is 0.481 e. The third kappa shape index (κ3) is 17.1. The normalized spacial score (nSPS) is 10.8. The summed E-state index contributed by atoms with van der Waals surface area (Å²) in [5, 5.41) is 23.0. The first-order valence-corrected chi connectivity index (χ1v) is 23.5. The van der Waals surface area contributed by atoms with E-state index in [2.05, 4.69) is 39.7 Å². The summed E-state index contributed by atoms with van der Waals surface area (Å²) in [4.78, 5) is 75.9. The Morgan fingerprint density at radius 2 is 1.21 bits per heavy atom. The van der Waals surface area contributed by atoms with Crippen LogP contribution >= 0.6 is 11.6 Å². The molecule has 3 heterocycles. The van der Waals surface area contributed by atoms with Gasteiger partial charge >= 0.3 is 31.3 Å². The summed E-state index contributed by atoms with van der Waals surface area (Å²) in [6, 6.07) is 17.8. The Balaban J connectivity index is 0.000000254. The molecule has 0 fully saturated rings. The highest BCUT2D eigenvalue weighted by molar-refractivity contribution is 7.90. The number of hydrogen-bond donors (Lipinski definition) is 6. The van der Waals surface area contributed by atoms with Gasteiger partial charge in [0.1, 0.15) is 27.1 Å². The maximum atomic E-state index is 12.5. The zero-order valence-electron chi connectivity index (χ0n) is 38.9. The number of carbonyl (C=O) groups is 4. The van der Waals surface area contributed by atoms with E-state index in [1.807, 2.05) is 6.07 Å². The second-order valence-electron chi connectivity index (χ2n) is 13.9. The number of aromatic carboxylic acids is 1. The average Bonchev–Trinajstić information content (AvgIpc) is 3.34. The van der Waals surface area contributed by atoms with E-state index in [4.69, 9.17) is 36.7 Å². The second kappa shape index (κ2) is 26.5. The van der Waals surface area contributed by atoms with Gasteiger partial charge in [0, 0.05) is 26.4 Å². The highest BCUT2D eigenvalue weighted by atomic mass is 35.5. The lowest BCUT2D eigenvalue weighted by atomic mass is 10.2. The summed E-state index contributed by atoms with van der Waals surface area (Å²) in [5.74, 6) is -4.26. The molecule has 35 heteroatoms. The molecule has 7 N–H and O–H groups in total. The fraction of sp³-hybridized carbons (Fsp3) is 0.146. The number of para-hydroxylation sites is 1. The molecule has 6 aromatic rings. The number of urea groups is 2. The quantitative estimate of drug-likeness (QED) is 0.0279. The fourth-order valence-electron chi connectivity index (χ4n) is 5.34. The summed E-state index contributed by atoms with van der Waals surface area (Å²) in [5.41, 5.74) is 4.41. The Hall–Kier alpha value is -9.44. The molecule has 0 unspecified atom stereocenters. The van der Waals surface area contributed by atoms with E-state index in [-0.39, 0.29) is 45.4 Å². The van der Waals surface area contributed by atoms with Crippen LogP contribution in [0.3, 0.4) is 0 Å². The summed E-state index contributed by atoms with van der Waals surface area (Å²) in [6.45, 7) is -6.82. The summed E-state index contributed by atoms with van der Waals surface area (Å²) < 4.78 is 125. The zero-order chi connectivity index (χ0) is 56.5. The highest BCUT2D eigenvalue weighted by Gasteiger charge is 2.28. The van der Waals surface area contributed by atoms with Gasteiger partial charge in [-0.15, -0.1) is 0 Å². The average molecular weight is 1130 g/mol. The van der Waals surface area contributed by atoms with Gasteiger partial charge in [0.25, 0.3) is 31.6 Å². The number of nitrogen functional groups attached to an aromatic ring is 1. The summed E-state index contributed by atoms with van der Waals surface area (Å²) in [7, 11) is -3.56. The van der Waals surface area contributed by atoms with Crippen LogP contribution in [0.25, 0.3) is 0 Å². The van der Waals surface area contributed by atoms with E-state index in [0.717, 1.165) is 12.1 Å². The SMILES string of the molecule is COc1cc(OC)nc(NC(=O)NS(=O)(=O)c2ncccc2C(=O)N(C)C)n1.Nc1c([N+](=O)[O-])ccc(Oc2ccccc2)c1Cl.O=C(Nc1nc(OC(F)F)cc(OC(F)F)n1)NS(=O)(=O)c1ccccc1C(=O)O. The van der Waals surface area contributed by atoms with Crippen LogP contribution in [0.15, 0.2) is 107 Å². The topological polar surface area (TPSA) is 388 Å². The number of rotatable bonds is 17. The monoisotopic (exact) mass is 1130 g/mol. The van der Waals surface area contributed by atoms with Crippen molar-refractivity contribution in [3.8, 4) is 35.0 Å². The number of nitro groups is 1. The second-order valence-corrected chi connectivity index (χ2v) is 17.5. The van der Waals surface area contributed by atoms with Crippen molar-refractivity contribution in [2.75, 3.05) is 44.7 Å². The minimum absolute atomic E-state index is 0.0352. The van der Waals surface area contributed by atoms with Gasteiger partial charge in [0.05, 0.1) is 42.4 Å². The first-order valence-electron chi connectivity index (χ1n) is 20.1. The van der Waals surface area contributed by atoms with E-state index in [1.54, 1.807) is 34.3 Å². The molecular formula is C41H37ClF4N12O16S2.